The highest BCUT2D eigenvalue weighted by atomic mass is 35.5. The van der Waals surface area contributed by atoms with Crippen LogP contribution in [0.5, 0.6) is 0 Å². The molecule has 0 aliphatic heterocycles. The summed E-state index contributed by atoms with van der Waals surface area (Å²) in [6.45, 7) is 0. The summed E-state index contributed by atoms with van der Waals surface area (Å²) in [5, 5.41) is 5.01. The summed E-state index contributed by atoms with van der Waals surface area (Å²) < 4.78 is 0. The van der Waals surface area contributed by atoms with Gasteiger partial charge in [-0.1, -0.05) is 46.9 Å². The Bertz CT molecular complexity index is 555. The van der Waals surface area contributed by atoms with Crippen LogP contribution in [0.4, 0.5) is 0 Å². The van der Waals surface area contributed by atoms with Gasteiger partial charge in [0.2, 0.25) is 0 Å². The lowest BCUT2D eigenvalue weighted by Crippen LogP contribution is -2.20. The van der Waals surface area contributed by atoms with E-state index in [9.17, 15) is 0 Å². The van der Waals surface area contributed by atoms with Gasteiger partial charge in [0, 0.05) is 6.20 Å². The first kappa shape index (κ1) is 14.6. The molecule has 2 nitrogen and oxygen atoms in total. The third kappa shape index (κ3) is 3.61. The van der Waals surface area contributed by atoms with E-state index in [2.05, 4.69) is 10.3 Å². The van der Waals surface area contributed by atoms with E-state index in [0.717, 1.165) is 11.3 Å². The summed E-state index contributed by atoms with van der Waals surface area (Å²) in [6.07, 6.45) is 2.35. The summed E-state index contributed by atoms with van der Waals surface area (Å²) >= 11 is 18.1. The minimum absolute atomic E-state index is 0.0632. The molecule has 0 aliphatic carbocycles. The summed E-state index contributed by atoms with van der Waals surface area (Å²) in [4.78, 5) is 4.33. The summed E-state index contributed by atoms with van der Waals surface area (Å²) in [5.41, 5.74) is 1.91. The van der Waals surface area contributed by atoms with E-state index in [0.29, 0.717) is 21.5 Å². The quantitative estimate of drug-likeness (QED) is 0.895. The zero-order valence-corrected chi connectivity index (χ0v) is 12.6. The van der Waals surface area contributed by atoms with Gasteiger partial charge in [-0.25, -0.2) is 0 Å². The number of likely N-dealkylation sites (N-methyl/N-ethyl adjacent to an activating group) is 1. The zero-order valence-electron chi connectivity index (χ0n) is 10.3. The third-order valence-electron chi connectivity index (χ3n) is 2.91. The number of halogens is 3. The number of nitrogens with zero attached hydrogens (tertiary/aromatic N) is 1. The molecule has 5 heteroatoms. The van der Waals surface area contributed by atoms with Crippen LogP contribution >= 0.6 is 34.8 Å². The Kier molecular flexibility index (Phi) is 5.06. The zero-order chi connectivity index (χ0) is 13.8. The Morgan fingerprint density at radius 3 is 2.58 bits per heavy atom. The number of rotatable bonds is 4. The van der Waals surface area contributed by atoms with Crippen LogP contribution in [0.2, 0.25) is 15.1 Å². The molecule has 1 unspecified atom stereocenters. The second kappa shape index (κ2) is 6.58. The molecular weight excluding hydrogens is 303 g/mol. The van der Waals surface area contributed by atoms with Crippen molar-refractivity contribution in [2.24, 2.45) is 0 Å². The minimum atomic E-state index is 0.0632. The maximum Gasteiger partial charge on any atom is 0.0625 e. The fourth-order valence-corrected chi connectivity index (χ4v) is 2.38. The lowest BCUT2D eigenvalue weighted by Gasteiger charge is -2.17. The van der Waals surface area contributed by atoms with Crippen molar-refractivity contribution in [1.29, 1.82) is 0 Å². The van der Waals surface area contributed by atoms with Crippen LogP contribution in [0, 0.1) is 0 Å². The van der Waals surface area contributed by atoms with E-state index in [1.54, 1.807) is 12.3 Å². The summed E-state index contributed by atoms with van der Waals surface area (Å²) in [7, 11) is 1.89. The molecule has 1 atom stereocenters. The van der Waals surface area contributed by atoms with Crippen molar-refractivity contribution in [3.63, 3.8) is 0 Å². The molecule has 0 saturated carbocycles. The first-order chi connectivity index (χ1) is 9.11. The average molecular weight is 316 g/mol. The molecule has 100 valence electrons. The second-order valence-electron chi connectivity index (χ2n) is 4.16. The van der Waals surface area contributed by atoms with E-state index in [4.69, 9.17) is 34.8 Å². The highest BCUT2D eigenvalue weighted by Gasteiger charge is 2.14. The van der Waals surface area contributed by atoms with Gasteiger partial charge in [-0.2, -0.15) is 0 Å². The molecular formula is C14H13Cl3N2. The van der Waals surface area contributed by atoms with Crippen LogP contribution < -0.4 is 5.32 Å². The lowest BCUT2D eigenvalue weighted by molar-refractivity contribution is 0.576. The largest absolute Gasteiger partial charge is 0.311 e. The first-order valence-electron chi connectivity index (χ1n) is 5.83. The number of aromatic nitrogens is 1. The van der Waals surface area contributed by atoms with Gasteiger partial charge in [0.25, 0.3) is 0 Å². The van der Waals surface area contributed by atoms with Crippen LogP contribution in [0.1, 0.15) is 17.3 Å². The van der Waals surface area contributed by atoms with E-state index in [1.165, 1.54) is 0 Å². The van der Waals surface area contributed by atoms with Crippen molar-refractivity contribution in [2.75, 3.05) is 7.05 Å². The van der Waals surface area contributed by atoms with E-state index in [1.807, 2.05) is 31.3 Å². The molecule has 0 radical (unpaired) electrons. The number of hydrogen-bond acceptors (Lipinski definition) is 2. The van der Waals surface area contributed by atoms with E-state index >= 15 is 0 Å². The smallest absolute Gasteiger partial charge is 0.0625 e. The van der Waals surface area contributed by atoms with Gasteiger partial charge >= 0.3 is 0 Å². The topological polar surface area (TPSA) is 24.9 Å². The van der Waals surface area contributed by atoms with Gasteiger partial charge in [-0.15, -0.1) is 0 Å². The summed E-state index contributed by atoms with van der Waals surface area (Å²) in [5.74, 6) is 0. The van der Waals surface area contributed by atoms with Gasteiger partial charge in [0.15, 0.2) is 0 Å². The van der Waals surface area contributed by atoms with E-state index in [-0.39, 0.29) is 6.04 Å². The summed E-state index contributed by atoms with van der Waals surface area (Å²) in [6, 6.07) is 9.44. The SMILES string of the molecule is CNC(Cc1cccc(Cl)c1Cl)c1ccc(Cl)cn1. The Balaban J connectivity index is 2.24. The van der Waals surface area contributed by atoms with Gasteiger partial charge in [0.1, 0.15) is 0 Å². The Hall–Kier alpha value is -0.800. The minimum Gasteiger partial charge on any atom is -0.311 e. The Labute approximate surface area is 127 Å². The van der Waals surface area contributed by atoms with Crippen molar-refractivity contribution in [2.45, 2.75) is 12.5 Å². The maximum atomic E-state index is 6.21. The molecule has 0 fully saturated rings. The molecule has 1 N–H and O–H groups in total. The molecule has 1 aromatic carbocycles. The normalized spacial score (nSPS) is 12.4. The Morgan fingerprint density at radius 1 is 1.16 bits per heavy atom. The standard InChI is InChI=1S/C14H13Cl3N2/c1-18-13(12-6-5-10(15)8-19-12)7-9-3-2-4-11(16)14(9)17/h2-6,8,13,18H,7H2,1H3. The molecule has 1 heterocycles. The fourth-order valence-electron chi connectivity index (χ4n) is 1.87. The van der Waals surface area contributed by atoms with Gasteiger partial charge in [-0.3, -0.25) is 4.98 Å². The van der Waals surface area contributed by atoms with Crippen molar-refractivity contribution < 1.29 is 0 Å². The molecule has 0 amide bonds. The van der Waals surface area contributed by atoms with Gasteiger partial charge in [0.05, 0.1) is 26.8 Å². The molecule has 2 aromatic rings. The molecule has 2 rings (SSSR count). The maximum absolute atomic E-state index is 6.21. The monoisotopic (exact) mass is 314 g/mol. The highest BCUT2D eigenvalue weighted by molar-refractivity contribution is 6.42. The predicted molar refractivity (Wildman–Crippen MR) is 81.2 cm³/mol. The fraction of sp³-hybridized carbons (Fsp3) is 0.214. The van der Waals surface area contributed by atoms with E-state index < -0.39 is 0 Å². The van der Waals surface area contributed by atoms with Crippen LogP contribution in [0.25, 0.3) is 0 Å². The van der Waals surface area contributed by atoms with Crippen LogP contribution in [-0.4, -0.2) is 12.0 Å². The van der Waals surface area contributed by atoms with Crippen molar-refractivity contribution in [1.82, 2.24) is 10.3 Å². The van der Waals surface area contributed by atoms with Gasteiger partial charge < -0.3 is 5.32 Å². The van der Waals surface area contributed by atoms with Gasteiger partial charge in [-0.05, 0) is 37.2 Å². The number of hydrogen-bond donors (Lipinski definition) is 1. The number of pyridine rings is 1. The number of nitrogens with one attached hydrogen (secondary N) is 1. The van der Waals surface area contributed by atoms with Crippen LogP contribution in [0.3, 0.4) is 0 Å². The van der Waals surface area contributed by atoms with Crippen LogP contribution in [0.15, 0.2) is 36.5 Å². The molecule has 0 aliphatic rings. The molecule has 0 saturated heterocycles. The van der Waals surface area contributed by atoms with Crippen molar-refractivity contribution >= 4 is 34.8 Å². The Morgan fingerprint density at radius 2 is 1.95 bits per heavy atom. The van der Waals surface area contributed by atoms with Crippen molar-refractivity contribution in [3.05, 3.63) is 62.9 Å². The molecule has 0 bridgehead atoms. The molecule has 19 heavy (non-hydrogen) atoms. The second-order valence-corrected chi connectivity index (χ2v) is 5.38. The molecule has 1 aromatic heterocycles. The predicted octanol–water partition coefficient (Wildman–Crippen LogP) is 4.55. The lowest BCUT2D eigenvalue weighted by atomic mass is 10.0. The molecule has 0 spiro atoms. The highest BCUT2D eigenvalue weighted by Crippen LogP contribution is 2.28. The average Bonchev–Trinajstić information content (AvgIpc) is 2.42. The number of benzene rings is 1. The third-order valence-corrected chi connectivity index (χ3v) is 3.99. The van der Waals surface area contributed by atoms with Crippen LogP contribution in [-0.2, 0) is 6.42 Å². The first-order valence-corrected chi connectivity index (χ1v) is 6.97. The van der Waals surface area contributed by atoms with Crippen molar-refractivity contribution in [3.8, 4) is 0 Å².